The number of esters is 1. The highest BCUT2D eigenvalue weighted by Crippen LogP contribution is 2.24. The molecule has 0 radical (unpaired) electrons. The Hall–Kier alpha value is -4.19. The summed E-state index contributed by atoms with van der Waals surface area (Å²) < 4.78 is 15.8. The van der Waals surface area contributed by atoms with Gasteiger partial charge in [-0.3, -0.25) is 4.79 Å². The summed E-state index contributed by atoms with van der Waals surface area (Å²) >= 11 is 0. The molecular weight excluding hydrogens is 396 g/mol. The maximum atomic E-state index is 12.6. The predicted octanol–water partition coefficient (Wildman–Crippen LogP) is 4.56. The molecule has 6 nitrogen and oxygen atoms in total. The number of rotatable bonds is 5. The lowest BCUT2D eigenvalue weighted by molar-refractivity contribution is 0.0729. The number of methoxy groups -OCH3 is 1. The molecule has 0 amide bonds. The van der Waals surface area contributed by atoms with Crippen molar-refractivity contribution >= 4 is 22.7 Å². The smallest absolute Gasteiger partial charge is 0.351 e. The molecule has 3 aromatic carbocycles. The van der Waals surface area contributed by atoms with E-state index >= 15 is 0 Å². The van der Waals surface area contributed by atoms with E-state index in [2.05, 4.69) is 0 Å². The van der Waals surface area contributed by atoms with Gasteiger partial charge in [0.25, 0.3) is 0 Å². The van der Waals surface area contributed by atoms with Crippen LogP contribution >= 0.6 is 0 Å². The van der Waals surface area contributed by atoms with Gasteiger partial charge in [-0.2, -0.15) is 0 Å². The highest BCUT2D eigenvalue weighted by atomic mass is 16.5. The zero-order valence-electron chi connectivity index (χ0n) is 16.9. The third-order valence-corrected chi connectivity index (χ3v) is 4.84. The first-order chi connectivity index (χ1) is 15.0. The topological polar surface area (TPSA) is 82.8 Å². The van der Waals surface area contributed by atoms with Crippen molar-refractivity contribution in [1.82, 2.24) is 0 Å². The van der Waals surface area contributed by atoms with Gasteiger partial charge in [-0.25, -0.2) is 9.59 Å². The van der Waals surface area contributed by atoms with Crippen LogP contribution in [0, 0.1) is 6.92 Å². The molecule has 0 aliphatic carbocycles. The molecule has 1 heterocycles. The van der Waals surface area contributed by atoms with Gasteiger partial charge in [0.2, 0.25) is 0 Å². The van der Waals surface area contributed by atoms with Gasteiger partial charge in [0.05, 0.1) is 7.11 Å². The Labute approximate surface area is 177 Å². The van der Waals surface area contributed by atoms with E-state index in [0.717, 1.165) is 0 Å². The van der Waals surface area contributed by atoms with Crippen molar-refractivity contribution in [2.24, 2.45) is 0 Å². The molecule has 6 heteroatoms. The fourth-order valence-corrected chi connectivity index (χ4v) is 3.19. The van der Waals surface area contributed by atoms with Crippen molar-refractivity contribution in [3.63, 3.8) is 0 Å². The molecule has 0 fully saturated rings. The molecule has 1 aromatic heterocycles. The lowest BCUT2D eigenvalue weighted by Gasteiger charge is -2.09. The molecule has 0 N–H and O–H groups in total. The second kappa shape index (κ2) is 8.28. The summed E-state index contributed by atoms with van der Waals surface area (Å²) in [4.78, 5) is 37.5. The quantitative estimate of drug-likeness (QED) is 0.206. The third-order valence-electron chi connectivity index (χ3n) is 4.84. The van der Waals surface area contributed by atoms with Crippen LogP contribution in [0.3, 0.4) is 0 Å². The van der Waals surface area contributed by atoms with E-state index in [1.54, 1.807) is 61.5 Å². The van der Waals surface area contributed by atoms with Crippen LogP contribution in [0.2, 0.25) is 0 Å². The maximum Gasteiger partial charge on any atom is 0.351 e. The van der Waals surface area contributed by atoms with Gasteiger partial charge in [0.15, 0.2) is 5.78 Å². The van der Waals surface area contributed by atoms with Gasteiger partial charge in [0.1, 0.15) is 22.6 Å². The summed E-state index contributed by atoms with van der Waals surface area (Å²) in [6, 6.07) is 20.0. The molecule has 0 aliphatic heterocycles. The summed E-state index contributed by atoms with van der Waals surface area (Å²) in [5.41, 5.74) is 0.932. The number of aryl methyl sites for hydroxylation is 1. The Kier molecular flexibility index (Phi) is 5.37. The molecule has 0 saturated carbocycles. The van der Waals surface area contributed by atoms with E-state index < -0.39 is 11.6 Å². The second-order valence-corrected chi connectivity index (χ2v) is 6.92. The molecule has 154 valence electrons. The maximum absolute atomic E-state index is 12.6. The summed E-state index contributed by atoms with van der Waals surface area (Å²) in [6.45, 7) is 1.72. The highest BCUT2D eigenvalue weighted by molar-refractivity contribution is 6.09. The molecule has 0 spiro atoms. The first kappa shape index (κ1) is 20.1. The predicted molar refractivity (Wildman–Crippen MR) is 115 cm³/mol. The van der Waals surface area contributed by atoms with Crippen LogP contribution in [0.5, 0.6) is 11.5 Å². The summed E-state index contributed by atoms with van der Waals surface area (Å²) in [6.07, 6.45) is 0. The van der Waals surface area contributed by atoms with Gasteiger partial charge in [-0.15, -0.1) is 0 Å². The SMILES string of the molecule is COc1ccc2oc(=O)c(C(=O)Oc3ccc(C(=O)c4ccccc4)cc3C)cc2c1. The van der Waals surface area contributed by atoms with E-state index in [0.29, 0.717) is 33.4 Å². The lowest BCUT2D eigenvalue weighted by atomic mass is 10.0. The fourth-order valence-electron chi connectivity index (χ4n) is 3.19. The zero-order valence-corrected chi connectivity index (χ0v) is 16.9. The van der Waals surface area contributed by atoms with Crippen LogP contribution in [0.4, 0.5) is 0 Å². The van der Waals surface area contributed by atoms with Gasteiger partial charge in [-0.1, -0.05) is 30.3 Å². The monoisotopic (exact) mass is 414 g/mol. The highest BCUT2D eigenvalue weighted by Gasteiger charge is 2.18. The minimum atomic E-state index is -0.844. The van der Waals surface area contributed by atoms with E-state index in [-0.39, 0.29) is 17.1 Å². The van der Waals surface area contributed by atoms with Crippen molar-refractivity contribution in [2.45, 2.75) is 6.92 Å². The van der Waals surface area contributed by atoms with Crippen molar-refractivity contribution in [3.8, 4) is 11.5 Å². The van der Waals surface area contributed by atoms with Crippen molar-refractivity contribution < 1.29 is 23.5 Å². The van der Waals surface area contributed by atoms with Crippen molar-refractivity contribution in [3.05, 3.63) is 105 Å². The number of carbonyl (C=O) groups is 2. The first-order valence-electron chi connectivity index (χ1n) is 9.51. The molecule has 4 rings (SSSR count). The van der Waals surface area contributed by atoms with Crippen LogP contribution in [0.15, 0.2) is 82.0 Å². The van der Waals surface area contributed by atoms with Gasteiger partial charge in [0, 0.05) is 16.5 Å². The summed E-state index contributed by atoms with van der Waals surface area (Å²) in [5, 5.41) is 0.534. The Bertz CT molecular complexity index is 1350. The van der Waals surface area contributed by atoms with E-state index in [1.807, 2.05) is 6.07 Å². The number of benzene rings is 3. The van der Waals surface area contributed by atoms with Gasteiger partial charge >= 0.3 is 11.6 Å². The van der Waals surface area contributed by atoms with Crippen LogP contribution in [-0.2, 0) is 0 Å². The molecule has 0 aliphatic rings. The standard InChI is InChI=1S/C25H18O6/c1-15-12-17(23(26)16-6-4-3-5-7-16)8-10-21(15)30-24(27)20-14-18-13-19(29-2)9-11-22(18)31-25(20)28/h3-14H,1-2H3. The number of carbonyl (C=O) groups excluding carboxylic acids is 2. The Morgan fingerprint density at radius 1 is 0.871 bits per heavy atom. The van der Waals surface area contributed by atoms with Gasteiger partial charge < -0.3 is 13.9 Å². The summed E-state index contributed by atoms with van der Waals surface area (Å²) in [5.74, 6) is -0.163. The summed E-state index contributed by atoms with van der Waals surface area (Å²) in [7, 11) is 1.52. The molecule has 0 unspecified atom stereocenters. The Morgan fingerprint density at radius 2 is 1.65 bits per heavy atom. The number of ether oxygens (including phenoxy) is 2. The van der Waals surface area contributed by atoms with Crippen LogP contribution < -0.4 is 15.1 Å². The molecule has 0 atom stereocenters. The molecule has 0 bridgehead atoms. The van der Waals surface area contributed by atoms with Crippen LogP contribution in [0.25, 0.3) is 11.0 Å². The molecule has 0 saturated heterocycles. The zero-order chi connectivity index (χ0) is 22.0. The molecule has 31 heavy (non-hydrogen) atoms. The second-order valence-electron chi connectivity index (χ2n) is 6.92. The number of fused-ring (bicyclic) bond motifs is 1. The molecular formula is C25H18O6. The van der Waals surface area contributed by atoms with Crippen molar-refractivity contribution in [1.29, 1.82) is 0 Å². The van der Waals surface area contributed by atoms with Gasteiger partial charge in [-0.05, 0) is 55.0 Å². The fraction of sp³-hybridized carbons (Fsp3) is 0.0800. The number of hydrogen-bond acceptors (Lipinski definition) is 6. The van der Waals surface area contributed by atoms with E-state index in [1.165, 1.54) is 19.2 Å². The normalized spacial score (nSPS) is 10.6. The largest absolute Gasteiger partial charge is 0.497 e. The minimum absolute atomic E-state index is 0.134. The van der Waals surface area contributed by atoms with E-state index in [9.17, 15) is 14.4 Å². The average molecular weight is 414 g/mol. The number of hydrogen-bond donors (Lipinski definition) is 0. The molecule has 4 aromatic rings. The Balaban J connectivity index is 1.60. The van der Waals surface area contributed by atoms with Crippen LogP contribution in [0.1, 0.15) is 31.8 Å². The lowest BCUT2D eigenvalue weighted by Crippen LogP contribution is -2.19. The first-order valence-corrected chi connectivity index (χ1v) is 9.51. The number of ketones is 1. The Morgan fingerprint density at radius 3 is 2.35 bits per heavy atom. The van der Waals surface area contributed by atoms with Crippen LogP contribution in [-0.4, -0.2) is 18.9 Å². The average Bonchev–Trinajstić information content (AvgIpc) is 2.79. The third kappa shape index (κ3) is 4.09. The van der Waals surface area contributed by atoms with Crippen molar-refractivity contribution in [2.75, 3.05) is 7.11 Å². The van der Waals surface area contributed by atoms with E-state index in [4.69, 9.17) is 13.9 Å². The minimum Gasteiger partial charge on any atom is -0.497 e.